The molecule has 5 nitrogen and oxygen atoms in total. The first-order valence-corrected chi connectivity index (χ1v) is 9.27. The lowest BCUT2D eigenvalue weighted by molar-refractivity contribution is -0.131. The van der Waals surface area contributed by atoms with Crippen LogP contribution in [0.25, 0.3) is 10.9 Å². The predicted octanol–water partition coefficient (Wildman–Crippen LogP) is 2.90. The van der Waals surface area contributed by atoms with Crippen LogP contribution in [0.3, 0.4) is 0 Å². The largest absolute Gasteiger partial charge is 0.339 e. The fourth-order valence-corrected chi connectivity index (χ4v) is 3.52. The number of hydrogen-bond acceptors (Lipinski definition) is 3. The van der Waals surface area contributed by atoms with Crippen molar-refractivity contribution in [2.24, 2.45) is 0 Å². The summed E-state index contributed by atoms with van der Waals surface area (Å²) in [5, 5.41) is 1.02. The Morgan fingerprint density at radius 2 is 1.57 bits per heavy atom. The van der Waals surface area contributed by atoms with Gasteiger partial charge in [0, 0.05) is 43.3 Å². The molecule has 0 spiro atoms. The Balaban J connectivity index is 1.38. The fraction of sp³-hybridized carbons (Fsp3) is 0.227. The first kappa shape index (κ1) is 18.1. The highest BCUT2D eigenvalue weighted by molar-refractivity contribution is 5.94. The number of aromatic nitrogens is 1. The topological polar surface area (TPSA) is 53.5 Å². The van der Waals surface area contributed by atoms with Gasteiger partial charge in [-0.15, -0.1) is 0 Å². The Morgan fingerprint density at radius 1 is 0.893 bits per heavy atom. The summed E-state index contributed by atoms with van der Waals surface area (Å²) in [6.07, 6.45) is 2.02. The number of carbonyl (C=O) groups is 2. The molecule has 0 atom stereocenters. The first-order chi connectivity index (χ1) is 13.6. The number of fused-ring (bicyclic) bond motifs is 1. The van der Waals surface area contributed by atoms with Crippen LogP contribution in [0, 0.1) is 5.82 Å². The van der Waals surface area contributed by atoms with E-state index in [0.29, 0.717) is 38.2 Å². The van der Waals surface area contributed by atoms with Crippen molar-refractivity contribution in [3.8, 4) is 0 Å². The maximum Gasteiger partial charge on any atom is 0.253 e. The zero-order valence-corrected chi connectivity index (χ0v) is 15.3. The van der Waals surface area contributed by atoms with E-state index in [-0.39, 0.29) is 17.6 Å². The van der Waals surface area contributed by atoms with Gasteiger partial charge < -0.3 is 9.80 Å². The van der Waals surface area contributed by atoms with Crippen molar-refractivity contribution < 1.29 is 14.0 Å². The zero-order valence-electron chi connectivity index (χ0n) is 15.3. The van der Waals surface area contributed by atoms with E-state index in [9.17, 15) is 14.0 Å². The molecular formula is C22H20FN3O2. The van der Waals surface area contributed by atoms with Crippen LogP contribution in [-0.2, 0) is 11.2 Å². The number of nitrogens with zero attached hydrogens (tertiary/aromatic N) is 3. The van der Waals surface area contributed by atoms with Gasteiger partial charge in [0.2, 0.25) is 5.91 Å². The lowest BCUT2D eigenvalue weighted by atomic mass is 10.1. The number of para-hydroxylation sites is 1. The highest BCUT2D eigenvalue weighted by Gasteiger charge is 2.25. The molecule has 6 heteroatoms. The van der Waals surface area contributed by atoms with Crippen molar-refractivity contribution >= 4 is 22.7 Å². The van der Waals surface area contributed by atoms with Gasteiger partial charge in [-0.2, -0.15) is 0 Å². The molecule has 1 fully saturated rings. The lowest BCUT2D eigenvalue weighted by Crippen LogP contribution is -2.51. The highest BCUT2D eigenvalue weighted by atomic mass is 19.1. The summed E-state index contributed by atoms with van der Waals surface area (Å²) < 4.78 is 13.0. The summed E-state index contributed by atoms with van der Waals surface area (Å²) >= 11 is 0. The number of carbonyl (C=O) groups excluding carboxylic acids is 2. The highest BCUT2D eigenvalue weighted by Crippen LogP contribution is 2.18. The molecule has 1 aromatic heterocycles. The minimum absolute atomic E-state index is 0.0343. The van der Waals surface area contributed by atoms with Gasteiger partial charge in [-0.3, -0.25) is 14.6 Å². The number of amides is 2. The number of rotatable bonds is 3. The lowest BCUT2D eigenvalue weighted by Gasteiger charge is -2.35. The van der Waals surface area contributed by atoms with E-state index in [0.717, 1.165) is 16.5 Å². The van der Waals surface area contributed by atoms with Crippen molar-refractivity contribution in [1.82, 2.24) is 14.8 Å². The Kier molecular flexibility index (Phi) is 5.02. The van der Waals surface area contributed by atoms with Crippen molar-refractivity contribution in [3.63, 3.8) is 0 Å². The normalized spacial score (nSPS) is 14.3. The molecule has 142 valence electrons. The molecular weight excluding hydrogens is 357 g/mol. The van der Waals surface area contributed by atoms with E-state index in [1.54, 1.807) is 16.0 Å². The monoisotopic (exact) mass is 377 g/mol. The minimum Gasteiger partial charge on any atom is -0.339 e. The van der Waals surface area contributed by atoms with Crippen LogP contribution in [0.2, 0.25) is 0 Å². The summed E-state index contributed by atoms with van der Waals surface area (Å²) in [7, 11) is 0. The standard InChI is InChI=1S/C22H20FN3O2/c23-19-8-6-17(7-9-19)22(28)26-13-11-25(12-14-26)20(27)15-18-4-1-3-16-5-2-10-24-21(16)18/h1-10H,11-15H2. The molecule has 3 aromatic rings. The van der Waals surface area contributed by atoms with Crippen LogP contribution in [0.4, 0.5) is 4.39 Å². The van der Waals surface area contributed by atoms with Crippen molar-refractivity contribution in [3.05, 3.63) is 77.7 Å². The number of piperazine rings is 1. The smallest absolute Gasteiger partial charge is 0.253 e. The third-order valence-corrected chi connectivity index (χ3v) is 5.07. The maximum absolute atomic E-state index is 13.0. The average molecular weight is 377 g/mol. The van der Waals surface area contributed by atoms with Gasteiger partial charge in [0.25, 0.3) is 5.91 Å². The van der Waals surface area contributed by atoms with Gasteiger partial charge in [0.1, 0.15) is 5.82 Å². The van der Waals surface area contributed by atoms with Gasteiger partial charge in [-0.25, -0.2) is 4.39 Å². The summed E-state index contributed by atoms with van der Waals surface area (Å²) in [6.45, 7) is 1.92. The van der Waals surface area contributed by atoms with Crippen LogP contribution in [0.1, 0.15) is 15.9 Å². The van der Waals surface area contributed by atoms with Crippen LogP contribution < -0.4 is 0 Å². The number of hydrogen-bond donors (Lipinski definition) is 0. The molecule has 2 aromatic carbocycles. The second kappa shape index (κ2) is 7.76. The van der Waals surface area contributed by atoms with Crippen LogP contribution in [0.15, 0.2) is 60.8 Å². The van der Waals surface area contributed by atoms with Gasteiger partial charge in [-0.1, -0.05) is 24.3 Å². The second-order valence-electron chi connectivity index (χ2n) is 6.85. The molecule has 1 saturated heterocycles. The summed E-state index contributed by atoms with van der Waals surface area (Å²) in [6, 6.07) is 15.3. The summed E-state index contributed by atoms with van der Waals surface area (Å²) in [5.74, 6) is -0.465. The van der Waals surface area contributed by atoms with E-state index in [1.165, 1.54) is 24.3 Å². The maximum atomic E-state index is 13.0. The quantitative estimate of drug-likeness (QED) is 0.705. The van der Waals surface area contributed by atoms with E-state index in [2.05, 4.69) is 4.98 Å². The fourth-order valence-electron chi connectivity index (χ4n) is 3.52. The van der Waals surface area contributed by atoms with E-state index in [4.69, 9.17) is 0 Å². The van der Waals surface area contributed by atoms with E-state index < -0.39 is 0 Å². The molecule has 1 aliphatic heterocycles. The van der Waals surface area contributed by atoms with Gasteiger partial charge in [-0.05, 0) is 35.9 Å². The average Bonchev–Trinajstić information content (AvgIpc) is 2.74. The molecule has 0 saturated carbocycles. The molecule has 2 heterocycles. The summed E-state index contributed by atoms with van der Waals surface area (Å²) in [4.78, 5) is 33.2. The van der Waals surface area contributed by atoms with Gasteiger partial charge >= 0.3 is 0 Å². The number of benzene rings is 2. The third kappa shape index (κ3) is 3.71. The minimum atomic E-state index is -0.366. The van der Waals surface area contributed by atoms with Crippen molar-refractivity contribution in [2.75, 3.05) is 26.2 Å². The van der Waals surface area contributed by atoms with Crippen molar-refractivity contribution in [1.29, 1.82) is 0 Å². The molecule has 0 aliphatic carbocycles. The molecule has 0 N–H and O–H groups in total. The van der Waals surface area contributed by atoms with Gasteiger partial charge in [0.05, 0.1) is 11.9 Å². The van der Waals surface area contributed by atoms with E-state index >= 15 is 0 Å². The second-order valence-corrected chi connectivity index (χ2v) is 6.85. The Hall–Kier alpha value is -3.28. The molecule has 0 radical (unpaired) electrons. The predicted molar refractivity (Wildman–Crippen MR) is 104 cm³/mol. The van der Waals surface area contributed by atoms with Crippen LogP contribution in [-0.4, -0.2) is 52.8 Å². The SMILES string of the molecule is O=C(Cc1cccc2cccnc12)N1CCN(C(=O)c2ccc(F)cc2)CC1. The first-order valence-electron chi connectivity index (χ1n) is 9.27. The van der Waals surface area contributed by atoms with Gasteiger partial charge in [0.15, 0.2) is 0 Å². The zero-order chi connectivity index (χ0) is 19.5. The molecule has 1 aliphatic rings. The van der Waals surface area contributed by atoms with E-state index in [1.807, 2.05) is 30.3 Å². The Morgan fingerprint density at radius 3 is 2.32 bits per heavy atom. The number of halogens is 1. The number of pyridine rings is 1. The Labute approximate surface area is 162 Å². The van der Waals surface area contributed by atoms with Crippen LogP contribution in [0.5, 0.6) is 0 Å². The third-order valence-electron chi connectivity index (χ3n) is 5.07. The van der Waals surface area contributed by atoms with Crippen molar-refractivity contribution in [2.45, 2.75) is 6.42 Å². The summed E-state index contributed by atoms with van der Waals surface area (Å²) in [5.41, 5.74) is 2.22. The molecule has 0 bridgehead atoms. The molecule has 0 unspecified atom stereocenters. The molecule has 4 rings (SSSR count). The molecule has 2 amide bonds. The Bertz CT molecular complexity index is 1010. The van der Waals surface area contributed by atoms with Crippen LogP contribution >= 0.6 is 0 Å². The molecule has 28 heavy (non-hydrogen) atoms.